The highest BCUT2D eigenvalue weighted by Crippen LogP contribution is 2.29. The van der Waals surface area contributed by atoms with Crippen molar-refractivity contribution in [2.24, 2.45) is 5.92 Å². The molecule has 2 nitrogen and oxygen atoms in total. The lowest BCUT2D eigenvalue weighted by Crippen LogP contribution is -2.49. The van der Waals surface area contributed by atoms with Crippen molar-refractivity contribution in [3.05, 3.63) is 35.9 Å². The molecule has 19 heavy (non-hydrogen) atoms. The molecule has 3 rings (SSSR count). The van der Waals surface area contributed by atoms with Crippen LogP contribution in [0.1, 0.15) is 31.7 Å². The van der Waals surface area contributed by atoms with Crippen molar-refractivity contribution in [2.45, 2.75) is 38.8 Å². The summed E-state index contributed by atoms with van der Waals surface area (Å²) < 4.78 is 0. The Labute approximate surface area is 117 Å². The predicted molar refractivity (Wildman–Crippen MR) is 80.1 cm³/mol. The lowest BCUT2D eigenvalue weighted by atomic mass is 10.1. The summed E-state index contributed by atoms with van der Waals surface area (Å²) in [6.07, 6.45) is 4.30. The van der Waals surface area contributed by atoms with E-state index in [0.717, 1.165) is 18.5 Å². The van der Waals surface area contributed by atoms with Gasteiger partial charge in [0, 0.05) is 38.8 Å². The molecule has 1 saturated heterocycles. The molecule has 0 radical (unpaired) electrons. The third kappa shape index (κ3) is 3.37. The van der Waals surface area contributed by atoms with Crippen molar-refractivity contribution >= 4 is 0 Å². The van der Waals surface area contributed by atoms with Crippen LogP contribution in [0.5, 0.6) is 0 Å². The summed E-state index contributed by atoms with van der Waals surface area (Å²) in [5.41, 5.74) is 1.45. The Morgan fingerprint density at radius 3 is 2.37 bits per heavy atom. The standard InChI is InChI=1S/C17H26N2/c1-15-7-8-17(13-15)19-11-9-18(10-12-19)14-16-5-3-2-4-6-16/h2-6,15,17H,7-14H2,1H3/t15-,17+/m1/s1. The lowest BCUT2D eigenvalue weighted by molar-refractivity contribution is 0.0924. The molecule has 0 N–H and O–H groups in total. The van der Waals surface area contributed by atoms with Gasteiger partial charge in [0.05, 0.1) is 0 Å². The fraction of sp³-hybridized carbons (Fsp3) is 0.647. The first-order valence-corrected chi connectivity index (χ1v) is 7.81. The second-order valence-electron chi connectivity index (χ2n) is 6.37. The summed E-state index contributed by atoms with van der Waals surface area (Å²) in [5, 5.41) is 0. The first-order valence-electron chi connectivity index (χ1n) is 7.81. The van der Waals surface area contributed by atoms with E-state index in [2.05, 4.69) is 47.1 Å². The minimum absolute atomic E-state index is 0.883. The minimum Gasteiger partial charge on any atom is -0.298 e. The zero-order valence-electron chi connectivity index (χ0n) is 12.1. The van der Waals surface area contributed by atoms with Crippen molar-refractivity contribution in [1.82, 2.24) is 9.80 Å². The van der Waals surface area contributed by atoms with Crippen LogP contribution in [0.15, 0.2) is 30.3 Å². The molecule has 2 fully saturated rings. The zero-order chi connectivity index (χ0) is 13.1. The molecule has 2 atom stereocenters. The highest BCUT2D eigenvalue weighted by Gasteiger charge is 2.29. The Balaban J connectivity index is 1.47. The number of rotatable bonds is 3. The van der Waals surface area contributed by atoms with Crippen molar-refractivity contribution < 1.29 is 0 Å². The van der Waals surface area contributed by atoms with Crippen LogP contribution >= 0.6 is 0 Å². The number of hydrogen-bond acceptors (Lipinski definition) is 2. The Morgan fingerprint density at radius 1 is 1.00 bits per heavy atom. The van der Waals surface area contributed by atoms with Gasteiger partial charge >= 0.3 is 0 Å². The van der Waals surface area contributed by atoms with Crippen LogP contribution in [0, 0.1) is 5.92 Å². The molecule has 1 aliphatic carbocycles. The van der Waals surface area contributed by atoms with Crippen molar-refractivity contribution in [1.29, 1.82) is 0 Å². The fourth-order valence-corrected chi connectivity index (χ4v) is 3.64. The first kappa shape index (κ1) is 13.1. The van der Waals surface area contributed by atoms with E-state index in [4.69, 9.17) is 0 Å². The van der Waals surface area contributed by atoms with E-state index in [0.29, 0.717) is 0 Å². The van der Waals surface area contributed by atoms with Gasteiger partial charge in [0.15, 0.2) is 0 Å². The van der Waals surface area contributed by atoms with Gasteiger partial charge in [-0.2, -0.15) is 0 Å². The largest absolute Gasteiger partial charge is 0.298 e. The van der Waals surface area contributed by atoms with Crippen molar-refractivity contribution in [3.63, 3.8) is 0 Å². The summed E-state index contributed by atoms with van der Waals surface area (Å²) in [4.78, 5) is 5.34. The highest BCUT2D eigenvalue weighted by atomic mass is 15.3. The van der Waals surface area contributed by atoms with E-state index in [-0.39, 0.29) is 0 Å². The second-order valence-corrected chi connectivity index (χ2v) is 6.37. The van der Waals surface area contributed by atoms with Gasteiger partial charge in [-0.05, 0) is 30.7 Å². The number of benzene rings is 1. The van der Waals surface area contributed by atoms with Crippen molar-refractivity contribution in [3.8, 4) is 0 Å². The summed E-state index contributed by atoms with van der Waals surface area (Å²) >= 11 is 0. The molecule has 0 amide bonds. The van der Waals surface area contributed by atoms with Gasteiger partial charge in [0.2, 0.25) is 0 Å². The van der Waals surface area contributed by atoms with Gasteiger partial charge in [-0.25, -0.2) is 0 Å². The molecular weight excluding hydrogens is 232 g/mol. The van der Waals surface area contributed by atoms with Crippen LogP contribution in [0.4, 0.5) is 0 Å². The van der Waals surface area contributed by atoms with Crippen LogP contribution in [0.25, 0.3) is 0 Å². The van der Waals surface area contributed by atoms with E-state index in [9.17, 15) is 0 Å². The zero-order valence-corrected chi connectivity index (χ0v) is 12.1. The Kier molecular flexibility index (Phi) is 4.19. The molecule has 2 heteroatoms. The third-order valence-electron chi connectivity index (χ3n) is 4.84. The monoisotopic (exact) mass is 258 g/mol. The molecule has 0 aromatic heterocycles. The maximum atomic E-state index is 2.74. The molecular formula is C17H26N2. The maximum absolute atomic E-state index is 2.74. The molecule has 1 aromatic carbocycles. The molecule has 1 aliphatic heterocycles. The van der Waals surface area contributed by atoms with Gasteiger partial charge in [-0.1, -0.05) is 37.3 Å². The van der Waals surface area contributed by atoms with E-state index in [1.807, 2.05) is 0 Å². The molecule has 2 aliphatic rings. The van der Waals surface area contributed by atoms with Crippen molar-refractivity contribution in [2.75, 3.05) is 26.2 Å². The normalized spacial score (nSPS) is 29.7. The second kappa shape index (κ2) is 6.06. The van der Waals surface area contributed by atoms with E-state index in [1.54, 1.807) is 0 Å². The van der Waals surface area contributed by atoms with Crippen LogP contribution in [-0.2, 0) is 6.54 Å². The van der Waals surface area contributed by atoms with Crippen LogP contribution in [0.3, 0.4) is 0 Å². The topological polar surface area (TPSA) is 6.48 Å². The Hall–Kier alpha value is -0.860. The minimum atomic E-state index is 0.883. The van der Waals surface area contributed by atoms with E-state index >= 15 is 0 Å². The van der Waals surface area contributed by atoms with Gasteiger partial charge < -0.3 is 0 Å². The van der Waals surface area contributed by atoms with Crippen LogP contribution in [-0.4, -0.2) is 42.0 Å². The Morgan fingerprint density at radius 2 is 1.74 bits per heavy atom. The van der Waals surface area contributed by atoms with E-state index < -0.39 is 0 Å². The Bertz CT molecular complexity index is 382. The molecule has 104 valence electrons. The molecule has 0 bridgehead atoms. The van der Waals surface area contributed by atoms with E-state index in [1.165, 1.54) is 51.0 Å². The van der Waals surface area contributed by atoms with Gasteiger partial charge in [0.25, 0.3) is 0 Å². The first-order chi connectivity index (χ1) is 9.31. The summed E-state index contributed by atoms with van der Waals surface area (Å²) in [7, 11) is 0. The molecule has 1 saturated carbocycles. The molecule has 0 spiro atoms. The average molecular weight is 258 g/mol. The quantitative estimate of drug-likeness (QED) is 0.822. The fourth-order valence-electron chi connectivity index (χ4n) is 3.64. The van der Waals surface area contributed by atoms with Crippen LogP contribution < -0.4 is 0 Å². The SMILES string of the molecule is C[C@@H]1CC[C@H](N2CCN(Cc3ccccc3)CC2)C1. The lowest BCUT2D eigenvalue weighted by Gasteiger charge is -2.38. The number of piperazine rings is 1. The number of nitrogens with zero attached hydrogens (tertiary/aromatic N) is 2. The molecule has 1 aromatic rings. The maximum Gasteiger partial charge on any atom is 0.0234 e. The third-order valence-corrected chi connectivity index (χ3v) is 4.84. The summed E-state index contributed by atoms with van der Waals surface area (Å²) in [6, 6.07) is 11.8. The van der Waals surface area contributed by atoms with Gasteiger partial charge in [-0.15, -0.1) is 0 Å². The summed E-state index contributed by atoms with van der Waals surface area (Å²) in [5.74, 6) is 0.951. The van der Waals surface area contributed by atoms with Gasteiger partial charge in [-0.3, -0.25) is 9.80 Å². The summed E-state index contributed by atoms with van der Waals surface area (Å²) in [6.45, 7) is 8.54. The smallest absolute Gasteiger partial charge is 0.0234 e. The average Bonchev–Trinajstić information content (AvgIpc) is 2.87. The highest BCUT2D eigenvalue weighted by molar-refractivity contribution is 5.14. The van der Waals surface area contributed by atoms with Gasteiger partial charge in [0.1, 0.15) is 0 Å². The number of hydrogen-bond donors (Lipinski definition) is 0. The van der Waals surface area contributed by atoms with Crippen LogP contribution in [0.2, 0.25) is 0 Å². The molecule has 0 unspecified atom stereocenters. The predicted octanol–water partition coefficient (Wildman–Crippen LogP) is 2.99. The molecule has 1 heterocycles.